The maximum absolute atomic E-state index is 8.46. The van der Waals surface area contributed by atoms with E-state index >= 15 is 0 Å². The zero-order valence-electron chi connectivity index (χ0n) is 7.62. The highest BCUT2D eigenvalue weighted by Gasteiger charge is 2.27. The van der Waals surface area contributed by atoms with Gasteiger partial charge in [0.15, 0.2) is 0 Å². The molecule has 0 saturated heterocycles. The van der Waals surface area contributed by atoms with Gasteiger partial charge in [0.25, 0.3) is 0 Å². The van der Waals surface area contributed by atoms with Crippen LogP contribution in [-0.2, 0) is 0 Å². The average molecular weight is 184 g/mol. The van der Waals surface area contributed by atoms with E-state index in [1.54, 1.807) is 0 Å². The molecule has 0 unspecified atom stereocenters. The lowest BCUT2D eigenvalue weighted by atomic mass is 10.4. The summed E-state index contributed by atoms with van der Waals surface area (Å²) in [6, 6.07) is 3.02. The minimum absolute atomic E-state index is 0.685. The molecule has 0 bridgehead atoms. The highest BCUT2D eigenvalue weighted by atomic mass is 32.2. The van der Waals surface area contributed by atoms with Crippen LogP contribution in [0.5, 0.6) is 0 Å². The van der Waals surface area contributed by atoms with E-state index < -0.39 is 0 Å². The molecule has 1 aliphatic rings. The predicted molar refractivity (Wildman–Crippen MR) is 53.2 cm³/mol. The van der Waals surface area contributed by atoms with Crippen LogP contribution in [0.2, 0.25) is 0 Å². The zero-order valence-corrected chi connectivity index (χ0v) is 8.44. The molecule has 0 atom stereocenters. The third-order valence-corrected chi connectivity index (χ3v) is 2.75. The van der Waals surface area contributed by atoms with Crippen molar-refractivity contribution in [1.82, 2.24) is 4.90 Å². The van der Waals surface area contributed by atoms with E-state index in [1.165, 1.54) is 18.6 Å². The molecule has 0 aromatic rings. The summed E-state index contributed by atoms with van der Waals surface area (Å²) in [5, 5.41) is 8.46. The van der Waals surface area contributed by atoms with Gasteiger partial charge in [0.2, 0.25) is 0 Å². The summed E-state index contributed by atoms with van der Waals surface area (Å²) in [5.41, 5.74) is 0. The van der Waals surface area contributed by atoms with Gasteiger partial charge in [0.1, 0.15) is 0 Å². The molecular weight excluding hydrogens is 168 g/mol. The van der Waals surface area contributed by atoms with Gasteiger partial charge in [-0.25, -0.2) is 0 Å². The normalized spacial score (nSPS) is 16.4. The fourth-order valence-corrected chi connectivity index (χ4v) is 1.74. The number of rotatable bonds is 6. The number of nitrogens with zero attached hydrogens (tertiary/aromatic N) is 2. The standard InChI is InChI=1S/C9H16N2S/c1-12-8-7-11(6-2-5-10)9-3-4-9/h9H,2-4,6-8H2,1H3. The lowest BCUT2D eigenvalue weighted by Gasteiger charge is -2.19. The van der Waals surface area contributed by atoms with Gasteiger partial charge in [-0.15, -0.1) is 0 Å². The van der Waals surface area contributed by atoms with E-state index in [4.69, 9.17) is 5.26 Å². The van der Waals surface area contributed by atoms with Crippen molar-refractivity contribution in [3.63, 3.8) is 0 Å². The van der Waals surface area contributed by atoms with Gasteiger partial charge in [0, 0.05) is 31.3 Å². The second-order valence-corrected chi connectivity index (χ2v) is 4.15. The summed E-state index contributed by atoms with van der Waals surface area (Å²) in [6.07, 6.45) is 5.51. The number of hydrogen-bond donors (Lipinski definition) is 0. The topological polar surface area (TPSA) is 27.0 Å². The molecule has 3 heteroatoms. The van der Waals surface area contributed by atoms with Crippen molar-refractivity contribution in [1.29, 1.82) is 5.26 Å². The largest absolute Gasteiger partial charge is 0.299 e. The molecule has 1 saturated carbocycles. The van der Waals surface area contributed by atoms with E-state index in [0.717, 1.165) is 19.1 Å². The molecule has 0 aliphatic heterocycles. The van der Waals surface area contributed by atoms with Crippen molar-refractivity contribution >= 4 is 11.8 Å². The quantitative estimate of drug-likeness (QED) is 0.629. The fraction of sp³-hybridized carbons (Fsp3) is 0.889. The van der Waals surface area contributed by atoms with Crippen molar-refractivity contribution in [3.05, 3.63) is 0 Å². The van der Waals surface area contributed by atoms with Gasteiger partial charge in [-0.2, -0.15) is 17.0 Å². The number of nitriles is 1. The van der Waals surface area contributed by atoms with E-state index in [1.807, 2.05) is 11.8 Å². The minimum atomic E-state index is 0.685. The highest BCUT2D eigenvalue weighted by molar-refractivity contribution is 7.98. The van der Waals surface area contributed by atoms with Crippen LogP contribution in [0.1, 0.15) is 19.3 Å². The summed E-state index contributed by atoms with van der Waals surface area (Å²) >= 11 is 1.88. The van der Waals surface area contributed by atoms with Crippen molar-refractivity contribution < 1.29 is 0 Å². The third-order valence-electron chi connectivity index (χ3n) is 2.16. The van der Waals surface area contributed by atoms with Crippen LogP contribution >= 0.6 is 11.8 Å². The molecule has 1 rings (SSSR count). The summed E-state index contributed by atoms with van der Waals surface area (Å²) in [7, 11) is 0. The van der Waals surface area contributed by atoms with Crippen molar-refractivity contribution in [2.24, 2.45) is 0 Å². The van der Waals surface area contributed by atoms with Crippen LogP contribution in [0.25, 0.3) is 0 Å². The molecule has 68 valence electrons. The molecule has 0 heterocycles. The summed E-state index contributed by atoms with van der Waals surface area (Å²) < 4.78 is 0. The van der Waals surface area contributed by atoms with Gasteiger partial charge in [-0.05, 0) is 19.1 Å². The zero-order chi connectivity index (χ0) is 8.81. The molecule has 0 aromatic carbocycles. The van der Waals surface area contributed by atoms with Gasteiger partial charge < -0.3 is 0 Å². The average Bonchev–Trinajstić information content (AvgIpc) is 2.88. The Hall–Kier alpha value is -0.200. The predicted octanol–water partition coefficient (Wildman–Crippen LogP) is 1.73. The Balaban J connectivity index is 2.14. The first-order chi connectivity index (χ1) is 5.88. The Morgan fingerprint density at radius 3 is 2.75 bits per heavy atom. The van der Waals surface area contributed by atoms with E-state index in [-0.39, 0.29) is 0 Å². The molecular formula is C9H16N2S. The molecule has 1 fully saturated rings. The first-order valence-corrected chi connectivity index (χ1v) is 5.88. The Morgan fingerprint density at radius 1 is 1.50 bits per heavy atom. The molecule has 2 nitrogen and oxygen atoms in total. The van der Waals surface area contributed by atoms with Crippen LogP contribution < -0.4 is 0 Å². The third kappa shape index (κ3) is 3.46. The van der Waals surface area contributed by atoms with E-state index in [0.29, 0.717) is 6.42 Å². The summed E-state index contributed by atoms with van der Waals surface area (Å²) in [6.45, 7) is 2.13. The second kappa shape index (κ2) is 5.45. The van der Waals surface area contributed by atoms with Crippen LogP contribution in [0, 0.1) is 11.3 Å². The number of thioether (sulfide) groups is 1. The second-order valence-electron chi connectivity index (χ2n) is 3.17. The first kappa shape index (κ1) is 9.88. The summed E-state index contributed by atoms with van der Waals surface area (Å²) in [5.74, 6) is 1.20. The van der Waals surface area contributed by atoms with Crippen LogP contribution in [-0.4, -0.2) is 36.0 Å². The molecule has 0 N–H and O–H groups in total. The molecule has 1 aliphatic carbocycles. The van der Waals surface area contributed by atoms with Gasteiger partial charge >= 0.3 is 0 Å². The molecule has 0 aromatic heterocycles. The summed E-state index contributed by atoms with van der Waals surface area (Å²) in [4.78, 5) is 2.46. The van der Waals surface area contributed by atoms with Crippen LogP contribution in [0.15, 0.2) is 0 Å². The Bertz CT molecular complexity index is 160. The van der Waals surface area contributed by atoms with Crippen LogP contribution in [0.4, 0.5) is 0 Å². The van der Waals surface area contributed by atoms with Crippen molar-refractivity contribution in [2.45, 2.75) is 25.3 Å². The highest BCUT2D eigenvalue weighted by Crippen LogP contribution is 2.26. The monoisotopic (exact) mass is 184 g/mol. The lowest BCUT2D eigenvalue weighted by Crippen LogP contribution is -2.29. The first-order valence-electron chi connectivity index (χ1n) is 4.48. The van der Waals surface area contributed by atoms with E-state index in [9.17, 15) is 0 Å². The Labute approximate surface area is 78.9 Å². The van der Waals surface area contributed by atoms with Crippen LogP contribution in [0.3, 0.4) is 0 Å². The number of hydrogen-bond acceptors (Lipinski definition) is 3. The van der Waals surface area contributed by atoms with E-state index in [2.05, 4.69) is 17.2 Å². The van der Waals surface area contributed by atoms with Gasteiger partial charge in [-0.3, -0.25) is 4.90 Å². The van der Waals surface area contributed by atoms with Gasteiger partial charge in [0.05, 0.1) is 6.07 Å². The van der Waals surface area contributed by atoms with Gasteiger partial charge in [-0.1, -0.05) is 0 Å². The molecule has 0 amide bonds. The maximum atomic E-state index is 8.46. The SMILES string of the molecule is CSCCN(CCC#N)C1CC1. The lowest BCUT2D eigenvalue weighted by molar-refractivity contribution is 0.287. The van der Waals surface area contributed by atoms with Crippen molar-refractivity contribution in [3.8, 4) is 6.07 Å². The maximum Gasteiger partial charge on any atom is 0.0635 e. The molecule has 0 spiro atoms. The Morgan fingerprint density at radius 2 is 2.25 bits per heavy atom. The smallest absolute Gasteiger partial charge is 0.0635 e. The minimum Gasteiger partial charge on any atom is -0.299 e. The Kier molecular flexibility index (Phi) is 4.49. The molecule has 12 heavy (non-hydrogen) atoms. The van der Waals surface area contributed by atoms with Crippen molar-refractivity contribution in [2.75, 3.05) is 25.1 Å². The fourth-order valence-electron chi connectivity index (χ4n) is 1.32. The molecule has 0 radical (unpaired) electrons.